The predicted octanol–water partition coefficient (Wildman–Crippen LogP) is 2.31. The van der Waals surface area contributed by atoms with Crippen LogP contribution in [0.5, 0.6) is 0 Å². The molecule has 2 aromatic rings. The largest absolute Gasteiger partial charge is 0.351 e. The molecule has 5 nitrogen and oxygen atoms in total. The maximum absolute atomic E-state index is 12.2. The molecule has 0 saturated carbocycles. The molecule has 1 fully saturated rings. The first-order valence-corrected chi connectivity index (χ1v) is 8.49. The Morgan fingerprint density at radius 3 is 2.83 bits per heavy atom. The number of aromatic nitrogens is 2. The summed E-state index contributed by atoms with van der Waals surface area (Å²) in [5.41, 5.74) is 2.70. The molecule has 1 atom stereocenters. The molecule has 1 aromatic carbocycles. The van der Waals surface area contributed by atoms with Gasteiger partial charge in [0.1, 0.15) is 5.82 Å². The minimum atomic E-state index is -0.0914. The average molecular weight is 324 g/mol. The van der Waals surface area contributed by atoms with Crippen molar-refractivity contribution in [3.8, 4) is 0 Å². The van der Waals surface area contributed by atoms with E-state index >= 15 is 0 Å². The van der Waals surface area contributed by atoms with Gasteiger partial charge in [0.25, 0.3) is 5.91 Å². The lowest BCUT2D eigenvalue weighted by Gasteiger charge is -2.16. The van der Waals surface area contributed by atoms with Crippen molar-refractivity contribution in [1.29, 1.82) is 0 Å². The van der Waals surface area contributed by atoms with Crippen LogP contribution in [0.15, 0.2) is 36.5 Å². The number of nitrogens with one attached hydrogen (secondary N) is 1. The van der Waals surface area contributed by atoms with Crippen molar-refractivity contribution < 1.29 is 4.79 Å². The number of amides is 1. The summed E-state index contributed by atoms with van der Waals surface area (Å²) in [7, 11) is 0. The second kappa shape index (κ2) is 7.53. The van der Waals surface area contributed by atoms with E-state index in [1.165, 1.54) is 12.0 Å². The smallest absolute Gasteiger partial charge is 0.254 e. The normalized spacial score (nSPS) is 17.8. The number of carbonyl (C=O) groups is 1. The second-order valence-electron chi connectivity index (χ2n) is 6.37. The first-order chi connectivity index (χ1) is 11.6. The molecular formula is C19H24N4O. The predicted molar refractivity (Wildman–Crippen MR) is 94.1 cm³/mol. The van der Waals surface area contributed by atoms with Crippen molar-refractivity contribution in [2.24, 2.45) is 0 Å². The fourth-order valence-corrected chi connectivity index (χ4v) is 3.26. The molecule has 1 saturated heterocycles. The summed E-state index contributed by atoms with van der Waals surface area (Å²) < 4.78 is 0. The molecule has 1 unspecified atom stereocenters. The maximum atomic E-state index is 12.2. The van der Waals surface area contributed by atoms with Gasteiger partial charge in [-0.1, -0.05) is 30.3 Å². The van der Waals surface area contributed by atoms with Crippen LogP contribution in [0.25, 0.3) is 0 Å². The quantitative estimate of drug-likeness (QED) is 0.917. The SMILES string of the molecule is Cc1ncc(C(=O)NCCN2CCC(c3ccccc3)C2)c(C)n1. The van der Waals surface area contributed by atoms with Gasteiger partial charge in [-0.05, 0) is 38.3 Å². The highest BCUT2D eigenvalue weighted by Crippen LogP contribution is 2.26. The molecule has 5 heteroatoms. The average Bonchev–Trinajstić information content (AvgIpc) is 3.04. The van der Waals surface area contributed by atoms with Crippen molar-refractivity contribution in [3.63, 3.8) is 0 Å². The monoisotopic (exact) mass is 324 g/mol. The van der Waals surface area contributed by atoms with Gasteiger partial charge >= 0.3 is 0 Å². The van der Waals surface area contributed by atoms with Crippen LogP contribution >= 0.6 is 0 Å². The molecule has 1 aromatic heterocycles. The molecule has 0 bridgehead atoms. The van der Waals surface area contributed by atoms with E-state index in [-0.39, 0.29) is 5.91 Å². The lowest BCUT2D eigenvalue weighted by Crippen LogP contribution is -2.34. The molecule has 0 radical (unpaired) electrons. The highest BCUT2D eigenvalue weighted by molar-refractivity contribution is 5.94. The summed E-state index contributed by atoms with van der Waals surface area (Å²) in [5, 5.41) is 2.98. The Bertz CT molecular complexity index is 702. The lowest BCUT2D eigenvalue weighted by molar-refractivity contribution is 0.0948. The molecular weight excluding hydrogens is 300 g/mol. The molecule has 3 rings (SSSR count). The second-order valence-corrected chi connectivity index (χ2v) is 6.37. The van der Waals surface area contributed by atoms with E-state index in [0.29, 0.717) is 23.9 Å². The lowest BCUT2D eigenvalue weighted by atomic mass is 9.99. The molecule has 24 heavy (non-hydrogen) atoms. The summed E-state index contributed by atoms with van der Waals surface area (Å²) in [6.07, 6.45) is 2.79. The van der Waals surface area contributed by atoms with Crippen molar-refractivity contribution in [2.75, 3.05) is 26.2 Å². The number of hydrogen-bond donors (Lipinski definition) is 1. The fourth-order valence-electron chi connectivity index (χ4n) is 3.26. The van der Waals surface area contributed by atoms with Gasteiger partial charge in [-0.3, -0.25) is 4.79 Å². The van der Waals surface area contributed by atoms with Gasteiger partial charge in [0, 0.05) is 25.8 Å². The summed E-state index contributed by atoms with van der Waals surface area (Å²) in [6.45, 7) is 7.34. The maximum Gasteiger partial charge on any atom is 0.254 e. The third-order valence-electron chi connectivity index (χ3n) is 4.60. The van der Waals surface area contributed by atoms with Crippen LogP contribution in [0.3, 0.4) is 0 Å². The Kier molecular flexibility index (Phi) is 5.20. The van der Waals surface area contributed by atoms with Gasteiger partial charge in [0.15, 0.2) is 0 Å². The summed E-state index contributed by atoms with van der Waals surface area (Å²) in [6, 6.07) is 10.7. The zero-order valence-corrected chi connectivity index (χ0v) is 14.3. The zero-order chi connectivity index (χ0) is 16.9. The summed E-state index contributed by atoms with van der Waals surface area (Å²) in [5.74, 6) is 1.20. The molecule has 0 spiro atoms. The number of hydrogen-bond acceptors (Lipinski definition) is 4. The van der Waals surface area contributed by atoms with E-state index in [4.69, 9.17) is 0 Å². The third kappa shape index (κ3) is 3.97. The highest BCUT2D eigenvalue weighted by Gasteiger charge is 2.23. The van der Waals surface area contributed by atoms with Crippen LogP contribution in [-0.2, 0) is 0 Å². The number of likely N-dealkylation sites (tertiary alicyclic amines) is 1. The van der Waals surface area contributed by atoms with Gasteiger partial charge in [0.2, 0.25) is 0 Å². The topological polar surface area (TPSA) is 58.1 Å². The number of aryl methyl sites for hydroxylation is 2. The van der Waals surface area contributed by atoms with Crippen molar-refractivity contribution in [2.45, 2.75) is 26.2 Å². The summed E-state index contributed by atoms with van der Waals surface area (Å²) >= 11 is 0. The van der Waals surface area contributed by atoms with Crippen LogP contribution in [0.4, 0.5) is 0 Å². The standard InChI is InChI=1S/C19H24N4O/c1-14-18(12-21-15(2)22-14)19(24)20-9-11-23-10-8-17(13-23)16-6-4-3-5-7-16/h3-7,12,17H,8-11,13H2,1-2H3,(H,20,24). The van der Waals surface area contributed by atoms with Crippen LogP contribution < -0.4 is 5.32 Å². The van der Waals surface area contributed by atoms with Crippen LogP contribution in [0.1, 0.15) is 39.8 Å². The van der Waals surface area contributed by atoms with Gasteiger partial charge in [-0.15, -0.1) is 0 Å². The summed E-state index contributed by atoms with van der Waals surface area (Å²) in [4.78, 5) is 23.0. The number of benzene rings is 1. The molecule has 126 valence electrons. The van der Waals surface area contributed by atoms with Crippen molar-refractivity contribution >= 4 is 5.91 Å². The molecule has 1 aliphatic rings. The van der Waals surface area contributed by atoms with Gasteiger partial charge in [0.05, 0.1) is 11.3 Å². The Morgan fingerprint density at radius 2 is 2.08 bits per heavy atom. The third-order valence-corrected chi connectivity index (χ3v) is 4.60. The van der Waals surface area contributed by atoms with E-state index in [2.05, 4.69) is 50.5 Å². The Balaban J connectivity index is 1.46. The highest BCUT2D eigenvalue weighted by atomic mass is 16.1. The number of carbonyl (C=O) groups excluding carboxylic acids is 1. The fraction of sp³-hybridized carbons (Fsp3) is 0.421. The van der Waals surface area contributed by atoms with E-state index in [1.807, 2.05) is 13.8 Å². The molecule has 1 amide bonds. The van der Waals surface area contributed by atoms with E-state index in [1.54, 1.807) is 6.20 Å². The zero-order valence-electron chi connectivity index (χ0n) is 14.3. The Labute approximate surface area is 143 Å². The minimum Gasteiger partial charge on any atom is -0.351 e. The molecule has 2 heterocycles. The van der Waals surface area contributed by atoms with Gasteiger partial charge < -0.3 is 10.2 Å². The van der Waals surface area contributed by atoms with Crippen molar-refractivity contribution in [3.05, 3.63) is 59.2 Å². The van der Waals surface area contributed by atoms with Crippen LogP contribution in [-0.4, -0.2) is 47.0 Å². The number of rotatable bonds is 5. The van der Waals surface area contributed by atoms with Gasteiger partial charge in [-0.25, -0.2) is 9.97 Å². The Morgan fingerprint density at radius 1 is 1.29 bits per heavy atom. The molecule has 1 N–H and O–H groups in total. The van der Waals surface area contributed by atoms with Gasteiger partial charge in [-0.2, -0.15) is 0 Å². The molecule has 1 aliphatic heterocycles. The first-order valence-electron chi connectivity index (χ1n) is 8.49. The first kappa shape index (κ1) is 16.6. The van der Waals surface area contributed by atoms with E-state index < -0.39 is 0 Å². The minimum absolute atomic E-state index is 0.0914. The Hall–Kier alpha value is -2.27. The van der Waals surface area contributed by atoms with E-state index in [0.717, 1.165) is 25.3 Å². The van der Waals surface area contributed by atoms with Crippen LogP contribution in [0, 0.1) is 13.8 Å². The van der Waals surface area contributed by atoms with E-state index in [9.17, 15) is 4.79 Å². The number of nitrogens with zero attached hydrogens (tertiary/aromatic N) is 3. The van der Waals surface area contributed by atoms with Crippen molar-refractivity contribution in [1.82, 2.24) is 20.2 Å². The molecule has 0 aliphatic carbocycles. The van der Waals surface area contributed by atoms with Crippen LogP contribution in [0.2, 0.25) is 0 Å².